The van der Waals surface area contributed by atoms with Crippen molar-refractivity contribution in [3.8, 4) is 0 Å². The Kier molecular flexibility index (Phi) is 4.52. The van der Waals surface area contributed by atoms with Gasteiger partial charge in [-0.15, -0.1) is 0 Å². The maximum absolute atomic E-state index is 12.9. The van der Waals surface area contributed by atoms with Crippen molar-refractivity contribution < 1.29 is 4.79 Å². The lowest BCUT2D eigenvalue weighted by molar-refractivity contribution is -0.129. The number of nitrogens with zero attached hydrogens (tertiary/aromatic N) is 3. The molecule has 6 rings (SSSR count). The van der Waals surface area contributed by atoms with Gasteiger partial charge in [-0.25, -0.2) is 4.98 Å². The summed E-state index contributed by atoms with van der Waals surface area (Å²) in [6.45, 7) is 1.58. The molecule has 1 unspecified atom stereocenters. The van der Waals surface area contributed by atoms with Gasteiger partial charge in [-0.3, -0.25) is 4.79 Å². The number of hydrogen-bond donors (Lipinski definition) is 0. The molecule has 1 saturated carbocycles. The van der Waals surface area contributed by atoms with Crippen molar-refractivity contribution in [3.05, 3.63) is 78.1 Å². The van der Waals surface area contributed by atoms with E-state index in [1.165, 1.54) is 29.2 Å². The van der Waals surface area contributed by atoms with E-state index in [0.29, 0.717) is 18.4 Å². The van der Waals surface area contributed by atoms with E-state index in [0.717, 1.165) is 42.8 Å². The van der Waals surface area contributed by atoms with Crippen LogP contribution in [0.3, 0.4) is 0 Å². The van der Waals surface area contributed by atoms with Gasteiger partial charge in [0.15, 0.2) is 0 Å². The van der Waals surface area contributed by atoms with E-state index in [9.17, 15) is 4.79 Å². The standard InChI is InChI=1S/C27H27N3O/c31-26-16-22(18-29(26)23-9-3-4-10-23)27-28-24-11-5-6-12-25(24)30(27)17-19-13-14-20-7-1-2-8-21(20)15-19/h1-2,5-8,11-15,22-23H,3-4,9-10,16-18H2. The third-order valence-corrected chi connectivity index (χ3v) is 7.13. The molecule has 0 N–H and O–H groups in total. The van der Waals surface area contributed by atoms with Crippen LogP contribution in [-0.2, 0) is 11.3 Å². The molecule has 0 bridgehead atoms. The fraction of sp³-hybridized carbons (Fsp3) is 0.333. The zero-order valence-corrected chi connectivity index (χ0v) is 17.7. The van der Waals surface area contributed by atoms with Crippen LogP contribution in [0.15, 0.2) is 66.7 Å². The zero-order valence-electron chi connectivity index (χ0n) is 17.7. The number of carbonyl (C=O) groups is 1. The molecule has 2 aliphatic rings. The number of likely N-dealkylation sites (tertiary alicyclic amines) is 1. The Morgan fingerprint density at radius 3 is 2.55 bits per heavy atom. The van der Waals surface area contributed by atoms with Crippen molar-refractivity contribution in [2.45, 2.75) is 50.6 Å². The Hall–Kier alpha value is -3.14. The van der Waals surface area contributed by atoms with Crippen molar-refractivity contribution in [2.24, 2.45) is 0 Å². The van der Waals surface area contributed by atoms with Gasteiger partial charge in [-0.1, -0.05) is 61.4 Å². The fourth-order valence-corrected chi connectivity index (χ4v) is 5.57. The van der Waals surface area contributed by atoms with Gasteiger partial charge >= 0.3 is 0 Å². The molecule has 2 heterocycles. The Bertz CT molecular complexity index is 1270. The predicted octanol–water partition coefficient (Wildman–Crippen LogP) is 5.50. The summed E-state index contributed by atoms with van der Waals surface area (Å²) >= 11 is 0. The van der Waals surface area contributed by atoms with Gasteiger partial charge in [0.25, 0.3) is 0 Å². The summed E-state index contributed by atoms with van der Waals surface area (Å²) in [6.07, 6.45) is 5.40. The summed E-state index contributed by atoms with van der Waals surface area (Å²) in [4.78, 5) is 20.0. The summed E-state index contributed by atoms with van der Waals surface area (Å²) in [6, 6.07) is 24.0. The Labute approximate surface area is 182 Å². The molecular weight excluding hydrogens is 382 g/mol. The lowest BCUT2D eigenvalue weighted by atomic mass is 10.1. The van der Waals surface area contributed by atoms with Crippen molar-refractivity contribution in [3.63, 3.8) is 0 Å². The largest absolute Gasteiger partial charge is 0.339 e. The van der Waals surface area contributed by atoms with Crippen LogP contribution in [0.4, 0.5) is 0 Å². The van der Waals surface area contributed by atoms with Crippen molar-refractivity contribution in [1.29, 1.82) is 0 Å². The molecule has 2 fully saturated rings. The van der Waals surface area contributed by atoms with E-state index in [4.69, 9.17) is 4.98 Å². The van der Waals surface area contributed by atoms with E-state index in [1.807, 2.05) is 6.07 Å². The number of aromatic nitrogens is 2. The smallest absolute Gasteiger partial charge is 0.223 e. The maximum atomic E-state index is 12.9. The third-order valence-electron chi connectivity index (χ3n) is 7.13. The number of hydrogen-bond acceptors (Lipinski definition) is 2. The minimum absolute atomic E-state index is 0.168. The van der Waals surface area contributed by atoms with E-state index in [2.05, 4.69) is 70.1 Å². The summed E-state index contributed by atoms with van der Waals surface area (Å²) in [5.41, 5.74) is 3.43. The quantitative estimate of drug-likeness (QED) is 0.447. The normalized spacial score (nSPS) is 19.8. The Balaban J connectivity index is 1.38. The van der Waals surface area contributed by atoms with Crippen LogP contribution in [0.2, 0.25) is 0 Å². The Morgan fingerprint density at radius 1 is 0.903 bits per heavy atom. The second-order valence-corrected chi connectivity index (χ2v) is 9.11. The molecule has 1 aliphatic carbocycles. The van der Waals surface area contributed by atoms with Gasteiger partial charge in [0, 0.05) is 31.5 Å². The van der Waals surface area contributed by atoms with E-state index < -0.39 is 0 Å². The van der Waals surface area contributed by atoms with Gasteiger partial charge in [0.05, 0.1) is 11.0 Å². The van der Waals surface area contributed by atoms with Crippen LogP contribution in [0, 0.1) is 0 Å². The average Bonchev–Trinajstić information content (AvgIpc) is 3.53. The third kappa shape index (κ3) is 3.31. The molecule has 0 spiro atoms. The van der Waals surface area contributed by atoms with Crippen molar-refractivity contribution in [1.82, 2.24) is 14.5 Å². The minimum atomic E-state index is 0.168. The van der Waals surface area contributed by atoms with E-state index in [1.54, 1.807) is 0 Å². The molecule has 4 aromatic rings. The lowest BCUT2D eigenvalue weighted by Crippen LogP contribution is -2.34. The molecule has 4 heteroatoms. The fourth-order valence-electron chi connectivity index (χ4n) is 5.57. The second-order valence-electron chi connectivity index (χ2n) is 9.11. The highest BCUT2D eigenvalue weighted by Crippen LogP contribution is 2.35. The van der Waals surface area contributed by atoms with Gasteiger partial charge < -0.3 is 9.47 Å². The number of para-hydroxylation sites is 2. The predicted molar refractivity (Wildman–Crippen MR) is 124 cm³/mol. The number of imidazole rings is 1. The molecule has 1 saturated heterocycles. The topological polar surface area (TPSA) is 38.1 Å². The first-order valence-electron chi connectivity index (χ1n) is 11.5. The number of amides is 1. The molecule has 4 nitrogen and oxygen atoms in total. The highest BCUT2D eigenvalue weighted by molar-refractivity contribution is 5.83. The Morgan fingerprint density at radius 2 is 1.68 bits per heavy atom. The van der Waals surface area contributed by atoms with Crippen LogP contribution in [0.25, 0.3) is 21.8 Å². The van der Waals surface area contributed by atoms with Crippen LogP contribution in [0.5, 0.6) is 0 Å². The average molecular weight is 410 g/mol. The first kappa shape index (κ1) is 18.6. The van der Waals surface area contributed by atoms with Crippen molar-refractivity contribution in [2.75, 3.05) is 6.54 Å². The SMILES string of the molecule is O=C1CC(c2nc3ccccc3n2Cc2ccc3ccccc3c2)CN1C1CCCC1. The monoisotopic (exact) mass is 409 g/mol. The van der Waals surface area contributed by atoms with Crippen LogP contribution >= 0.6 is 0 Å². The number of benzene rings is 3. The maximum Gasteiger partial charge on any atom is 0.223 e. The second kappa shape index (κ2) is 7.52. The number of carbonyl (C=O) groups excluding carboxylic acids is 1. The first-order valence-corrected chi connectivity index (χ1v) is 11.5. The molecule has 3 aromatic carbocycles. The molecule has 1 aromatic heterocycles. The van der Waals surface area contributed by atoms with Crippen LogP contribution in [-0.4, -0.2) is 32.9 Å². The summed E-state index contributed by atoms with van der Waals surface area (Å²) in [5.74, 6) is 1.53. The molecule has 31 heavy (non-hydrogen) atoms. The van der Waals surface area contributed by atoms with Crippen molar-refractivity contribution >= 4 is 27.7 Å². The molecule has 1 amide bonds. The highest BCUT2D eigenvalue weighted by atomic mass is 16.2. The van der Waals surface area contributed by atoms with Crippen LogP contribution < -0.4 is 0 Å². The zero-order chi connectivity index (χ0) is 20.8. The molecule has 156 valence electrons. The molecule has 1 atom stereocenters. The van der Waals surface area contributed by atoms with Gasteiger partial charge in [0.2, 0.25) is 5.91 Å². The van der Waals surface area contributed by atoms with E-state index >= 15 is 0 Å². The van der Waals surface area contributed by atoms with Crippen LogP contribution in [0.1, 0.15) is 49.4 Å². The highest BCUT2D eigenvalue weighted by Gasteiger charge is 2.38. The van der Waals surface area contributed by atoms with E-state index in [-0.39, 0.29) is 5.92 Å². The molecule has 0 radical (unpaired) electrons. The van der Waals surface area contributed by atoms with Gasteiger partial charge in [0.1, 0.15) is 5.82 Å². The van der Waals surface area contributed by atoms with Gasteiger partial charge in [-0.05, 0) is 47.4 Å². The minimum Gasteiger partial charge on any atom is -0.339 e. The molecule has 1 aliphatic heterocycles. The summed E-state index contributed by atoms with van der Waals surface area (Å²) < 4.78 is 2.34. The van der Waals surface area contributed by atoms with Gasteiger partial charge in [-0.2, -0.15) is 0 Å². The molecular formula is C27H27N3O. The number of fused-ring (bicyclic) bond motifs is 2. The number of rotatable bonds is 4. The first-order chi connectivity index (χ1) is 15.3. The summed E-state index contributed by atoms with van der Waals surface area (Å²) in [5, 5.41) is 2.52. The summed E-state index contributed by atoms with van der Waals surface area (Å²) in [7, 11) is 0. The lowest BCUT2D eigenvalue weighted by Gasteiger charge is -2.24.